The molecule has 3 nitrogen and oxygen atoms in total. The van der Waals surface area contributed by atoms with Crippen LogP contribution in [0.4, 0.5) is 28.9 Å². The number of hydrogen-bond donors (Lipinski definition) is 2. The minimum atomic E-state index is -1.28. The van der Waals surface area contributed by atoms with Crippen LogP contribution in [0.1, 0.15) is 10.4 Å². The molecule has 0 unspecified atom stereocenters. The topological polar surface area (TPSA) is 55.1 Å². The molecule has 0 aliphatic heterocycles. The number of amides is 1. The summed E-state index contributed by atoms with van der Waals surface area (Å²) in [5, 5.41) is 1.89. The first kappa shape index (κ1) is 15.3. The third-order valence-corrected chi connectivity index (χ3v) is 3.21. The minimum absolute atomic E-state index is 0.153. The van der Waals surface area contributed by atoms with Crippen molar-refractivity contribution in [1.29, 1.82) is 0 Å². The van der Waals surface area contributed by atoms with Crippen molar-refractivity contribution < 1.29 is 22.4 Å². The van der Waals surface area contributed by atoms with Crippen molar-refractivity contribution in [3.8, 4) is 0 Å². The van der Waals surface area contributed by atoms with E-state index in [9.17, 15) is 22.4 Å². The van der Waals surface area contributed by atoms with Crippen LogP contribution in [-0.2, 0) is 0 Å². The molecule has 0 aliphatic carbocycles. The van der Waals surface area contributed by atoms with Gasteiger partial charge in [0.1, 0.15) is 23.0 Å². The van der Waals surface area contributed by atoms with E-state index in [-0.39, 0.29) is 4.47 Å². The maximum atomic E-state index is 13.7. The Morgan fingerprint density at radius 2 is 1.71 bits per heavy atom. The SMILES string of the molecule is Nc1ccc(F)c(C(=O)Nc2cc(F)c(Br)cc2F)c1F. The summed E-state index contributed by atoms with van der Waals surface area (Å²) < 4.78 is 53.9. The maximum Gasteiger partial charge on any atom is 0.261 e. The predicted octanol–water partition coefficient (Wildman–Crippen LogP) is 3.84. The Morgan fingerprint density at radius 3 is 2.38 bits per heavy atom. The summed E-state index contributed by atoms with van der Waals surface area (Å²) in [7, 11) is 0. The summed E-state index contributed by atoms with van der Waals surface area (Å²) in [6.07, 6.45) is 0. The Labute approximate surface area is 124 Å². The van der Waals surface area contributed by atoms with E-state index in [4.69, 9.17) is 5.73 Å². The van der Waals surface area contributed by atoms with Crippen LogP contribution in [0.3, 0.4) is 0 Å². The lowest BCUT2D eigenvalue weighted by molar-refractivity contribution is 0.101. The van der Waals surface area contributed by atoms with Crippen molar-refractivity contribution in [2.75, 3.05) is 11.1 Å². The number of carbonyl (C=O) groups excluding carboxylic acids is 1. The molecular formula is C13H7BrF4N2O. The quantitative estimate of drug-likeness (QED) is 0.484. The monoisotopic (exact) mass is 362 g/mol. The Balaban J connectivity index is 2.40. The zero-order valence-corrected chi connectivity index (χ0v) is 11.8. The Morgan fingerprint density at radius 1 is 1.05 bits per heavy atom. The molecule has 0 saturated heterocycles. The van der Waals surface area contributed by atoms with Crippen molar-refractivity contribution in [3.05, 3.63) is 57.6 Å². The number of nitrogen functional groups attached to an aromatic ring is 1. The Bertz CT molecular complexity index is 737. The smallest absolute Gasteiger partial charge is 0.261 e. The van der Waals surface area contributed by atoms with E-state index in [1.54, 1.807) is 0 Å². The van der Waals surface area contributed by atoms with Gasteiger partial charge in [0.25, 0.3) is 5.91 Å². The number of carbonyl (C=O) groups is 1. The van der Waals surface area contributed by atoms with Gasteiger partial charge >= 0.3 is 0 Å². The number of nitrogens with two attached hydrogens (primary N) is 1. The van der Waals surface area contributed by atoms with E-state index in [1.807, 2.05) is 5.32 Å². The molecule has 3 N–H and O–H groups in total. The number of halogens is 5. The molecule has 0 bridgehead atoms. The molecule has 0 radical (unpaired) electrons. The first-order valence-electron chi connectivity index (χ1n) is 5.50. The average molecular weight is 363 g/mol. The lowest BCUT2D eigenvalue weighted by atomic mass is 10.1. The van der Waals surface area contributed by atoms with Crippen LogP contribution in [0.25, 0.3) is 0 Å². The standard InChI is InChI=1S/C13H7BrF4N2O/c14-5-3-8(17)10(4-7(5)16)20-13(21)11-6(15)1-2-9(19)12(11)18/h1-4H,19H2,(H,20,21). The molecule has 0 fully saturated rings. The molecule has 1 amide bonds. The van der Waals surface area contributed by atoms with Crippen molar-refractivity contribution in [2.24, 2.45) is 0 Å². The van der Waals surface area contributed by atoms with Gasteiger partial charge < -0.3 is 11.1 Å². The summed E-state index contributed by atoms with van der Waals surface area (Å²) in [4.78, 5) is 11.8. The molecule has 2 aromatic rings. The first-order valence-corrected chi connectivity index (χ1v) is 6.30. The highest BCUT2D eigenvalue weighted by Gasteiger charge is 2.21. The molecule has 21 heavy (non-hydrogen) atoms. The minimum Gasteiger partial charge on any atom is -0.396 e. The highest BCUT2D eigenvalue weighted by molar-refractivity contribution is 9.10. The van der Waals surface area contributed by atoms with Crippen molar-refractivity contribution in [2.45, 2.75) is 0 Å². The molecule has 0 heterocycles. The second-order valence-electron chi connectivity index (χ2n) is 4.03. The van der Waals surface area contributed by atoms with Gasteiger partial charge in [0, 0.05) is 6.07 Å². The van der Waals surface area contributed by atoms with Gasteiger partial charge in [0.05, 0.1) is 15.8 Å². The Kier molecular flexibility index (Phi) is 4.17. The van der Waals surface area contributed by atoms with Crippen LogP contribution >= 0.6 is 15.9 Å². The summed E-state index contributed by atoms with van der Waals surface area (Å²) in [6.45, 7) is 0. The summed E-state index contributed by atoms with van der Waals surface area (Å²) in [6, 6.07) is 3.20. The second-order valence-corrected chi connectivity index (χ2v) is 4.88. The lowest BCUT2D eigenvalue weighted by Crippen LogP contribution is -2.17. The number of rotatable bonds is 2. The van der Waals surface area contributed by atoms with Gasteiger partial charge in [-0.25, -0.2) is 17.6 Å². The fourth-order valence-electron chi connectivity index (χ4n) is 1.58. The van der Waals surface area contributed by atoms with Crippen LogP contribution in [0, 0.1) is 23.3 Å². The van der Waals surface area contributed by atoms with E-state index in [2.05, 4.69) is 15.9 Å². The largest absolute Gasteiger partial charge is 0.396 e. The fourth-order valence-corrected chi connectivity index (χ4v) is 1.90. The average Bonchev–Trinajstić information content (AvgIpc) is 2.41. The lowest BCUT2D eigenvalue weighted by Gasteiger charge is -2.10. The second kappa shape index (κ2) is 5.72. The van der Waals surface area contributed by atoms with Gasteiger partial charge in [0.2, 0.25) is 0 Å². The molecule has 2 rings (SSSR count). The molecule has 0 aromatic heterocycles. The van der Waals surface area contributed by atoms with E-state index >= 15 is 0 Å². The van der Waals surface area contributed by atoms with Crippen molar-refractivity contribution >= 4 is 33.2 Å². The molecular weight excluding hydrogens is 356 g/mol. The Hall–Kier alpha value is -2.09. The van der Waals surface area contributed by atoms with Crippen LogP contribution in [0.15, 0.2) is 28.7 Å². The van der Waals surface area contributed by atoms with Gasteiger partial charge in [-0.3, -0.25) is 4.79 Å². The number of nitrogens with one attached hydrogen (secondary N) is 1. The fraction of sp³-hybridized carbons (Fsp3) is 0. The molecule has 0 spiro atoms. The van der Waals surface area contributed by atoms with Crippen LogP contribution in [0.5, 0.6) is 0 Å². The van der Waals surface area contributed by atoms with Crippen molar-refractivity contribution in [1.82, 2.24) is 0 Å². The van der Waals surface area contributed by atoms with Gasteiger partial charge in [-0.05, 0) is 34.1 Å². The van der Waals surface area contributed by atoms with Crippen LogP contribution in [-0.4, -0.2) is 5.91 Å². The van der Waals surface area contributed by atoms with Crippen LogP contribution < -0.4 is 11.1 Å². The molecule has 0 atom stereocenters. The van der Waals surface area contributed by atoms with Gasteiger partial charge in [-0.15, -0.1) is 0 Å². The molecule has 0 saturated carbocycles. The van der Waals surface area contributed by atoms with E-state index in [0.717, 1.165) is 18.2 Å². The van der Waals surface area contributed by atoms with E-state index in [1.165, 1.54) is 0 Å². The zero-order chi connectivity index (χ0) is 15.7. The van der Waals surface area contributed by atoms with Crippen molar-refractivity contribution in [3.63, 3.8) is 0 Å². The number of hydrogen-bond acceptors (Lipinski definition) is 2. The number of benzene rings is 2. The van der Waals surface area contributed by atoms with Crippen LogP contribution in [0.2, 0.25) is 0 Å². The van der Waals surface area contributed by atoms with Gasteiger partial charge in [0.15, 0.2) is 5.82 Å². The molecule has 2 aromatic carbocycles. The number of anilines is 2. The molecule has 0 aliphatic rings. The van der Waals surface area contributed by atoms with Gasteiger partial charge in [-0.2, -0.15) is 0 Å². The summed E-state index contributed by atoms with van der Waals surface area (Å²) >= 11 is 2.76. The summed E-state index contributed by atoms with van der Waals surface area (Å²) in [5.74, 6) is -5.54. The normalized spacial score (nSPS) is 10.5. The predicted molar refractivity (Wildman–Crippen MR) is 72.8 cm³/mol. The molecule has 110 valence electrons. The van der Waals surface area contributed by atoms with E-state index in [0.29, 0.717) is 6.07 Å². The molecule has 8 heteroatoms. The first-order chi connectivity index (χ1) is 9.81. The highest BCUT2D eigenvalue weighted by Crippen LogP contribution is 2.25. The van der Waals surface area contributed by atoms with Gasteiger partial charge in [-0.1, -0.05) is 0 Å². The third-order valence-electron chi connectivity index (χ3n) is 2.61. The third kappa shape index (κ3) is 2.99. The zero-order valence-electron chi connectivity index (χ0n) is 10.2. The summed E-state index contributed by atoms with van der Waals surface area (Å²) in [5.41, 5.74) is 3.26. The maximum absolute atomic E-state index is 13.7. The highest BCUT2D eigenvalue weighted by atomic mass is 79.9. The van der Waals surface area contributed by atoms with E-state index < -0.39 is 46.1 Å².